The maximum absolute atomic E-state index is 11.6. The van der Waals surface area contributed by atoms with Gasteiger partial charge in [0.05, 0.1) is 0 Å². The molecule has 1 fully saturated rings. The van der Waals surface area contributed by atoms with E-state index in [0.29, 0.717) is 18.1 Å². The van der Waals surface area contributed by atoms with Gasteiger partial charge in [0.15, 0.2) is 0 Å². The molecule has 2 aromatic rings. The summed E-state index contributed by atoms with van der Waals surface area (Å²) in [5, 5.41) is 0.705. The highest BCUT2D eigenvalue weighted by molar-refractivity contribution is 6.30. The van der Waals surface area contributed by atoms with E-state index in [1.165, 1.54) is 0 Å². The zero-order valence-electron chi connectivity index (χ0n) is 13.0. The van der Waals surface area contributed by atoms with Gasteiger partial charge in [-0.1, -0.05) is 35.9 Å². The van der Waals surface area contributed by atoms with Crippen molar-refractivity contribution >= 4 is 17.5 Å². The highest BCUT2D eigenvalue weighted by atomic mass is 35.5. The first kappa shape index (κ1) is 16.7. The molecule has 1 aliphatic heterocycles. The van der Waals surface area contributed by atoms with Crippen molar-refractivity contribution in [2.24, 2.45) is 5.84 Å². The minimum Gasteiger partial charge on any atom is -0.489 e. The number of nitrogens with two attached hydrogens (primary N) is 1. The van der Waals surface area contributed by atoms with Crippen LogP contribution in [0, 0.1) is 0 Å². The summed E-state index contributed by atoms with van der Waals surface area (Å²) in [6.07, 6.45) is 0.615. The van der Waals surface area contributed by atoms with Gasteiger partial charge in [0.25, 0.3) is 5.91 Å². The number of hydrazine groups is 2. The van der Waals surface area contributed by atoms with E-state index in [-0.39, 0.29) is 18.0 Å². The lowest BCUT2D eigenvalue weighted by atomic mass is 10.0. The third-order valence-corrected chi connectivity index (χ3v) is 4.19. The second kappa shape index (κ2) is 7.63. The first-order valence-corrected chi connectivity index (χ1v) is 8.02. The lowest BCUT2D eigenvalue weighted by Gasteiger charge is -2.12. The zero-order valence-corrected chi connectivity index (χ0v) is 13.7. The first-order chi connectivity index (χ1) is 11.7. The zero-order chi connectivity index (χ0) is 16.9. The molecule has 24 heavy (non-hydrogen) atoms. The average Bonchev–Trinajstić information content (AvgIpc) is 3.11. The molecule has 0 aliphatic carbocycles. The largest absolute Gasteiger partial charge is 0.489 e. The predicted octanol–water partition coefficient (Wildman–Crippen LogP) is 1.82. The van der Waals surface area contributed by atoms with Crippen LogP contribution in [0.1, 0.15) is 23.6 Å². The number of nitrogens with one attached hydrogen (secondary N) is 3. The van der Waals surface area contributed by atoms with E-state index in [2.05, 4.69) is 16.3 Å². The highest BCUT2D eigenvalue weighted by Crippen LogP contribution is 2.26. The van der Waals surface area contributed by atoms with Gasteiger partial charge in [0, 0.05) is 11.1 Å². The van der Waals surface area contributed by atoms with Gasteiger partial charge < -0.3 is 4.74 Å². The molecule has 2 atom stereocenters. The van der Waals surface area contributed by atoms with Crippen molar-refractivity contribution in [1.82, 2.24) is 16.3 Å². The van der Waals surface area contributed by atoms with E-state index in [4.69, 9.17) is 22.2 Å². The number of benzene rings is 2. The molecule has 2 unspecified atom stereocenters. The average molecular weight is 347 g/mol. The fraction of sp³-hybridized carbons (Fsp3) is 0.235. The fourth-order valence-corrected chi connectivity index (χ4v) is 2.74. The maximum atomic E-state index is 11.6. The van der Waals surface area contributed by atoms with Crippen molar-refractivity contribution in [3.05, 3.63) is 64.7 Å². The highest BCUT2D eigenvalue weighted by Gasteiger charge is 2.29. The second-order valence-corrected chi connectivity index (χ2v) is 6.06. The Balaban J connectivity index is 1.62. The molecule has 0 aromatic heterocycles. The summed E-state index contributed by atoms with van der Waals surface area (Å²) in [5.41, 5.74) is 10.3. The monoisotopic (exact) mass is 346 g/mol. The molecule has 0 saturated carbocycles. The van der Waals surface area contributed by atoms with Crippen LogP contribution in [0.3, 0.4) is 0 Å². The molecule has 5 N–H and O–H groups in total. The van der Waals surface area contributed by atoms with Crippen molar-refractivity contribution in [3.63, 3.8) is 0 Å². The lowest BCUT2D eigenvalue weighted by Crippen LogP contribution is -2.45. The number of carbonyl (C=O) groups is 1. The molecule has 0 radical (unpaired) electrons. The van der Waals surface area contributed by atoms with Crippen LogP contribution in [0.25, 0.3) is 0 Å². The van der Waals surface area contributed by atoms with Crippen LogP contribution in [0.15, 0.2) is 48.5 Å². The van der Waals surface area contributed by atoms with E-state index in [9.17, 15) is 4.79 Å². The number of hydrogen-bond donors (Lipinski definition) is 4. The minimum atomic E-state index is -0.348. The summed E-state index contributed by atoms with van der Waals surface area (Å²) in [6, 6.07) is 15.0. The quantitative estimate of drug-likeness (QED) is 0.377. The molecule has 126 valence electrons. The summed E-state index contributed by atoms with van der Waals surface area (Å²) >= 11 is 5.88. The Labute approximate surface area is 145 Å². The van der Waals surface area contributed by atoms with Crippen molar-refractivity contribution in [2.75, 3.05) is 0 Å². The number of rotatable bonds is 5. The summed E-state index contributed by atoms with van der Waals surface area (Å²) in [7, 11) is 0. The Hall–Kier alpha value is -2.12. The Kier molecular flexibility index (Phi) is 5.32. The molecule has 1 amide bonds. The molecule has 1 heterocycles. The van der Waals surface area contributed by atoms with Crippen LogP contribution < -0.4 is 26.9 Å². The lowest BCUT2D eigenvalue weighted by molar-refractivity contribution is -0.122. The van der Waals surface area contributed by atoms with Gasteiger partial charge in [0.1, 0.15) is 18.4 Å². The van der Waals surface area contributed by atoms with E-state index in [1.54, 1.807) is 0 Å². The van der Waals surface area contributed by atoms with E-state index in [0.717, 1.165) is 16.9 Å². The summed E-state index contributed by atoms with van der Waals surface area (Å²) in [5.74, 6) is 5.71. The standard InChI is InChI=1S/C17H19ClN4O2/c18-13-6-4-11(5-7-13)10-24-14-3-1-2-12(8-14)15-9-16(22-21-15)17(23)20-19/h1-8,15-16,21-22H,9-10,19H2,(H,20,23). The summed E-state index contributed by atoms with van der Waals surface area (Å²) < 4.78 is 5.84. The third-order valence-electron chi connectivity index (χ3n) is 3.94. The summed E-state index contributed by atoms with van der Waals surface area (Å²) in [6.45, 7) is 0.467. The Bertz CT molecular complexity index is 708. The molecule has 1 saturated heterocycles. The normalized spacial score (nSPS) is 19.9. The van der Waals surface area contributed by atoms with Gasteiger partial charge in [-0.05, 0) is 41.8 Å². The molecule has 6 nitrogen and oxygen atoms in total. The molecular weight excluding hydrogens is 328 g/mol. The Morgan fingerprint density at radius 2 is 2.04 bits per heavy atom. The summed E-state index contributed by atoms with van der Waals surface area (Å²) in [4.78, 5) is 11.6. The topological polar surface area (TPSA) is 88.4 Å². The fourth-order valence-electron chi connectivity index (χ4n) is 2.62. The van der Waals surface area contributed by atoms with Gasteiger partial charge in [-0.25, -0.2) is 16.7 Å². The van der Waals surface area contributed by atoms with Crippen molar-refractivity contribution in [3.8, 4) is 5.75 Å². The van der Waals surface area contributed by atoms with Crippen LogP contribution in [0.5, 0.6) is 5.75 Å². The smallest absolute Gasteiger partial charge is 0.252 e. The van der Waals surface area contributed by atoms with E-state index < -0.39 is 0 Å². The van der Waals surface area contributed by atoms with Gasteiger partial charge >= 0.3 is 0 Å². The van der Waals surface area contributed by atoms with E-state index in [1.807, 2.05) is 48.5 Å². The van der Waals surface area contributed by atoms with Crippen molar-refractivity contribution < 1.29 is 9.53 Å². The maximum Gasteiger partial charge on any atom is 0.252 e. The van der Waals surface area contributed by atoms with Gasteiger partial charge in [0.2, 0.25) is 0 Å². The van der Waals surface area contributed by atoms with Gasteiger partial charge in [-0.3, -0.25) is 10.2 Å². The van der Waals surface area contributed by atoms with E-state index >= 15 is 0 Å². The predicted molar refractivity (Wildman–Crippen MR) is 92.0 cm³/mol. The SMILES string of the molecule is NNC(=O)C1CC(c2cccc(OCc3ccc(Cl)cc3)c2)NN1. The van der Waals surface area contributed by atoms with Crippen LogP contribution in [0.2, 0.25) is 5.02 Å². The Morgan fingerprint density at radius 1 is 1.25 bits per heavy atom. The number of amides is 1. The van der Waals surface area contributed by atoms with Crippen LogP contribution >= 0.6 is 11.6 Å². The number of carbonyl (C=O) groups excluding carboxylic acids is 1. The molecule has 1 aliphatic rings. The van der Waals surface area contributed by atoms with Crippen molar-refractivity contribution in [1.29, 1.82) is 0 Å². The molecule has 0 spiro atoms. The number of hydrogen-bond acceptors (Lipinski definition) is 5. The Morgan fingerprint density at radius 3 is 2.79 bits per heavy atom. The number of ether oxygens (including phenoxy) is 1. The third kappa shape index (κ3) is 4.04. The first-order valence-electron chi connectivity index (χ1n) is 7.64. The van der Waals surface area contributed by atoms with Crippen LogP contribution in [0.4, 0.5) is 0 Å². The molecule has 3 rings (SSSR count). The minimum absolute atomic E-state index is 0.0198. The molecular formula is C17H19ClN4O2. The van der Waals surface area contributed by atoms with Crippen LogP contribution in [-0.4, -0.2) is 11.9 Å². The molecule has 0 bridgehead atoms. The van der Waals surface area contributed by atoms with Gasteiger partial charge in [-0.15, -0.1) is 0 Å². The number of halogens is 1. The van der Waals surface area contributed by atoms with Crippen molar-refractivity contribution in [2.45, 2.75) is 25.1 Å². The van der Waals surface area contributed by atoms with Crippen LogP contribution in [-0.2, 0) is 11.4 Å². The molecule has 7 heteroatoms. The molecule has 2 aromatic carbocycles. The van der Waals surface area contributed by atoms with Gasteiger partial charge in [-0.2, -0.15) is 0 Å². The second-order valence-electron chi connectivity index (χ2n) is 5.63.